The number of nitrogens with zero attached hydrogens (tertiary/aromatic N) is 1. The minimum Gasteiger partial charge on any atom is -0.491 e. The maximum absolute atomic E-state index is 12.2. The molecule has 5 nitrogen and oxygen atoms in total. The molecule has 1 heterocycles. The number of hydrogen-bond acceptors (Lipinski definition) is 4. The molecular formula is C12H17NO4S. The average molecular weight is 271 g/mol. The van der Waals surface area contributed by atoms with Crippen molar-refractivity contribution in [2.75, 3.05) is 26.3 Å². The van der Waals surface area contributed by atoms with Gasteiger partial charge in [0.25, 0.3) is 0 Å². The van der Waals surface area contributed by atoms with Crippen LogP contribution in [0.3, 0.4) is 0 Å². The summed E-state index contributed by atoms with van der Waals surface area (Å²) in [4.78, 5) is 0.292. The Morgan fingerprint density at radius 1 is 1.17 bits per heavy atom. The number of benzene rings is 1. The molecule has 0 atom stereocenters. The molecule has 0 bridgehead atoms. The molecule has 0 amide bonds. The molecule has 100 valence electrons. The maximum atomic E-state index is 12.2. The quantitative estimate of drug-likeness (QED) is 0.862. The van der Waals surface area contributed by atoms with Crippen molar-refractivity contribution in [1.82, 2.24) is 4.31 Å². The molecule has 1 aliphatic heterocycles. The van der Waals surface area contributed by atoms with Gasteiger partial charge in [-0.05, 0) is 37.1 Å². The van der Waals surface area contributed by atoms with E-state index in [2.05, 4.69) is 0 Å². The fraction of sp³-hybridized carbons (Fsp3) is 0.500. The molecule has 6 heteroatoms. The normalized spacial score (nSPS) is 16.9. The number of rotatable bonds is 5. The van der Waals surface area contributed by atoms with E-state index in [4.69, 9.17) is 9.84 Å². The van der Waals surface area contributed by atoms with Crippen molar-refractivity contribution >= 4 is 10.0 Å². The zero-order chi connectivity index (χ0) is 13.0. The number of aliphatic hydroxyl groups excluding tert-OH is 1. The Balaban J connectivity index is 2.13. The van der Waals surface area contributed by atoms with Gasteiger partial charge >= 0.3 is 0 Å². The van der Waals surface area contributed by atoms with Crippen molar-refractivity contribution in [2.24, 2.45) is 0 Å². The van der Waals surface area contributed by atoms with Gasteiger partial charge in [0.2, 0.25) is 10.0 Å². The average Bonchev–Trinajstić information content (AvgIpc) is 2.91. The largest absolute Gasteiger partial charge is 0.491 e. The summed E-state index contributed by atoms with van der Waals surface area (Å²) in [6.07, 6.45) is 1.86. The zero-order valence-corrected chi connectivity index (χ0v) is 10.9. The van der Waals surface area contributed by atoms with Crippen molar-refractivity contribution in [3.63, 3.8) is 0 Å². The lowest BCUT2D eigenvalue weighted by molar-refractivity contribution is 0.201. The number of hydrogen-bond donors (Lipinski definition) is 1. The second-order valence-electron chi connectivity index (χ2n) is 4.15. The summed E-state index contributed by atoms with van der Waals surface area (Å²) in [7, 11) is -3.35. The van der Waals surface area contributed by atoms with Crippen LogP contribution in [-0.2, 0) is 10.0 Å². The minimum absolute atomic E-state index is 0.0617. The molecule has 1 aromatic carbocycles. The fourth-order valence-corrected chi connectivity index (χ4v) is 3.47. The van der Waals surface area contributed by atoms with E-state index in [1.54, 1.807) is 24.3 Å². The maximum Gasteiger partial charge on any atom is 0.243 e. The van der Waals surface area contributed by atoms with E-state index in [1.807, 2.05) is 0 Å². The summed E-state index contributed by atoms with van der Waals surface area (Å²) in [5.41, 5.74) is 0. The van der Waals surface area contributed by atoms with Crippen molar-refractivity contribution in [3.05, 3.63) is 24.3 Å². The van der Waals surface area contributed by atoms with Crippen LogP contribution in [0.4, 0.5) is 0 Å². The molecule has 18 heavy (non-hydrogen) atoms. The van der Waals surface area contributed by atoms with Gasteiger partial charge in [-0.2, -0.15) is 4.31 Å². The van der Waals surface area contributed by atoms with Crippen LogP contribution in [0.2, 0.25) is 0 Å². The second-order valence-corrected chi connectivity index (χ2v) is 6.09. The van der Waals surface area contributed by atoms with E-state index in [1.165, 1.54) is 4.31 Å². The molecule has 2 rings (SSSR count). The molecule has 0 unspecified atom stereocenters. The van der Waals surface area contributed by atoms with E-state index in [0.717, 1.165) is 12.8 Å². The lowest BCUT2D eigenvalue weighted by Gasteiger charge is -2.15. The van der Waals surface area contributed by atoms with Crippen molar-refractivity contribution in [1.29, 1.82) is 0 Å². The monoisotopic (exact) mass is 271 g/mol. The van der Waals surface area contributed by atoms with Crippen LogP contribution in [0.5, 0.6) is 5.75 Å². The van der Waals surface area contributed by atoms with Crippen LogP contribution in [0.1, 0.15) is 12.8 Å². The SMILES string of the molecule is O=S(=O)(c1ccc(OCCO)cc1)N1CCCC1. The third-order valence-corrected chi connectivity index (χ3v) is 4.80. The highest BCUT2D eigenvalue weighted by Gasteiger charge is 2.26. The lowest BCUT2D eigenvalue weighted by atomic mass is 10.3. The van der Waals surface area contributed by atoms with Crippen LogP contribution in [-0.4, -0.2) is 44.1 Å². The first-order chi connectivity index (χ1) is 8.64. The summed E-state index contributed by atoms with van der Waals surface area (Å²) < 4.78 is 31.1. The number of ether oxygens (including phenoxy) is 1. The lowest BCUT2D eigenvalue weighted by Crippen LogP contribution is -2.27. The molecule has 1 fully saturated rings. The highest BCUT2D eigenvalue weighted by Crippen LogP contribution is 2.22. The third-order valence-electron chi connectivity index (χ3n) is 2.89. The Kier molecular flexibility index (Phi) is 4.21. The molecule has 0 saturated carbocycles. The van der Waals surface area contributed by atoms with Gasteiger partial charge in [-0.25, -0.2) is 8.42 Å². The van der Waals surface area contributed by atoms with Gasteiger partial charge in [-0.1, -0.05) is 0 Å². The summed E-state index contributed by atoms with van der Waals surface area (Å²) in [5, 5.41) is 8.63. The van der Waals surface area contributed by atoms with Crippen LogP contribution < -0.4 is 4.74 Å². The molecule has 0 spiro atoms. The van der Waals surface area contributed by atoms with Crippen molar-refractivity contribution in [3.8, 4) is 5.75 Å². The topological polar surface area (TPSA) is 66.8 Å². The van der Waals surface area contributed by atoms with Gasteiger partial charge < -0.3 is 9.84 Å². The summed E-state index contributed by atoms with van der Waals surface area (Å²) in [6, 6.07) is 6.30. The molecule has 0 aliphatic carbocycles. The van der Waals surface area contributed by atoms with Crippen LogP contribution in [0, 0.1) is 0 Å². The standard InChI is InChI=1S/C12H17NO4S/c14-9-10-17-11-3-5-12(6-4-11)18(15,16)13-7-1-2-8-13/h3-6,14H,1-2,7-10H2. The van der Waals surface area contributed by atoms with E-state index in [0.29, 0.717) is 23.7 Å². The Morgan fingerprint density at radius 2 is 1.78 bits per heavy atom. The van der Waals surface area contributed by atoms with Gasteiger partial charge in [0, 0.05) is 13.1 Å². The summed E-state index contributed by atoms with van der Waals surface area (Å²) in [6.45, 7) is 1.35. The van der Waals surface area contributed by atoms with Gasteiger partial charge in [0.05, 0.1) is 11.5 Å². The number of sulfonamides is 1. The van der Waals surface area contributed by atoms with Crippen LogP contribution >= 0.6 is 0 Å². The van der Waals surface area contributed by atoms with Crippen molar-refractivity contribution < 1.29 is 18.3 Å². The molecule has 0 radical (unpaired) electrons. The first-order valence-electron chi connectivity index (χ1n) is 5.98. The van der Waals surface area contributed by atoms with Gasteiger partial charge in [-0.15, -0.1) is 0 Å². The zero-order valence-electron chi connectivity index (χ0n) is 10.1. The van der Waals surface area contributed by atoms with Gasteiger partial charge in [0.1, 0.15) is 12.4 Å². The predicted molar refractivity (Wildman–Crippen MR) is 67.0 cm³/mol. The van der Waals surface area contributed by atoms with Crippen LogP contribution in [0.15, 0.2) is 29.2 Å². The molecule has 1 saturated heterocycles. The Labute approximate surface area is 107 Å². The summed E-state index contributed by atoms with van der Waals surface area (Å²) in [5.74, 6) is 0.560. The highest BCUT2D eigenvalue weighted by molar-refractivity contribution is 7.89. The Hall–Kier alpha value is -1.11. The Bertz CT molecular complexity index is 477. The first kappa shape index (κ1) is 13.3. The van der Waals surface area contributed by atoms with E-state index in [-0.39, 0.29) is 13.2 Å². The predicted octanol–water partition coefficient (Wildman–Crippen LogP) is 0.842. The van der Waals surface area contributed by atoms with Crippen LogP contribution in [0.25, 0.3) is 0 Å². The molecule has 0 aromatic heterocycles. The van der Waals surface area contributed by atoms with E-state index in [9.17, 15) is 8.42 Å². The van der Waals surface area contributed by atoms with E-state index < -0.39 is 10.0 Å². The van der Waals surface area contributed by atoms with Crippen molar-refractivity contribution in [2.45, 2.75) is 17.7 Å². The second kappa shape index (κ2) is 5.69. The van der Waals surface area contributed by atoms with Gasteiger partial charge in [-0.3, -0.25) is 0 Å². The molecule has 1 aromatic rings. The van der Waals surface area contributed by atoms with E-state index >= 15 is 0 Å². The Morgan fingerprint density at radius 3 is 2.33 bits per heavy atom. The molecular weight excluding hydrogens is 254 g/mol. The first-order valence-corrected chi connectivity index (χ1v) is 7.42. The minimum atomic E-state index is -3.35. The summed E-state index contributed by atoms with van der Waals surface area (Å²) >= 11 is 0. The fourth-order valence-electron chi connectivity index (χ4n) is 1.95. The smallest absolute Gasteiger partial charge is 0.243 e. The highest BCUT2D eigenvalue weighted by atomic mass is 32.2. The van der Waals surface area contributed by atoms with Gasteiger partial charge in [0.15, 0.2) is 0 Å². The number of aliphatic hydroxyl groups is 1. The third kappa shape index (κ3) is 2.82. The molecule has 1 N–H and O–H groups in total. The molecule has 1 aliphatic rings.